The molecule has 1 fully saturated rings. The van der Waals surface area contributed by atoms with Crippen LogP contribution in [0.5, 0.6) is 0 Å². The van der Waals surface area contributed by atoms with Gasteiger partial charge in [-0.3, -0.25) is 14.7 Å². The van der Waals surface area contributed by atoms with Crippen molar-refractivity contribution >= 4 is 70.1 Å². The third-order valence-corrected chi connectivity index (χ3v) is 9.50. The molecule has 1 aliphatic heterocycles. The molecular formula is C24H20BrClN4O3S2. The molecule has 0 bridgehead atoms. The summed E-state index contributed by atoms with van der Waals surface area (Å²) in [6.45, 7) is 0.456. The SMILES string of the molecule is O=C(C1CCCN1S(=O)(=O)c1ccc(Cl)cc1)N(Cc1ccccn1)c1nc2ccc(Br)cc2s1. The van der Waals surface area contributed by atoms with Gasteiger partial charge in [0.15, 0.2) is 5.13 Å². The standard InChI is InChI=1S/C24H20BrClN4O3S2/c25-16-6-11-20-22(14-16)34-24(28-20)29(15-18-4-1-2-12-27-18)23(31)21-5-3-13-30(21)35(32,33)19-9-7-17(26)8-10-19/h1-2,4,6-12,14,21H,3,5,13,15H2. The maximum Gasteiger partial charge on any atom is 0.247 e. The molecule has 1 aliphatic rings. The summed E-state index contributed by atoms with van der Waals surface area (Å²) in [6.07, 6.45) is 2.69. The van der Waals surface area contributed by atoms with Crippen LogP contribution in [0.15, 0.2) is 76.2 Å². The molecule has 0 saturated carbocycles. The molecule has 0 radical (unpaired) electrons. The van der Waals surface area contributed by atoms with Crippen molar-refractivity contribution in [2.45, 2.75) is 30.3 Å². The molecule has 4 aromatic rings. The topological polar surface area (TPSA) is 83.5 Å². The Bertz CT molecular complexity index is 1480. The van der Waals surface area contributed by atoms with Crippen LogP contribution in [0.25, 0.3) is 10.2 Å². The molecule has 1 atom stereocenters. The molecule has 11 heteroatoms. The fraction of sp³-hybridized carbons (Fsp3) is 0.208. The normalized spacial score (nSPS) is 16.6. The minimum Gasteiger partial charge on any atom is -0.281 e. The first kappa shape index (κ1) is 24.3. The van der Waals surface area contributed by atoms with Gasteiger partial charge in [0.1, 0.15) is 6.04 Å². The van der Waals surface area contributed by atoms with Crippen LogP contribution in [-0.2, 0) is 21.4 Å². The van der Waals surface area contributed by atoms with E-state index in [1.54, 1.807) is 11.1 Å². The number of halogens is 2. The molecule has 0 spiro atoms. The van der Waals surface area contributed by atoms with E-state index >= 15 is 0 Å². The van der Waals surface area contributed by atoms with E-state index in [1.807, 2.05) is 36.4 Å². The minimum absolute atomic E-state index is 0.114. The fourth-order valence-corrected chi connectivity index (χ4v) is 7.39. The first-order valence-electron chi connectivity index (χ1n) is 10.9. The summed E-state index contributed by atoms with van der Waals surface area (Å²) in [7, 11) is -3.88. The predicted octanol–water partition coefficient (Wildman–Crippen LogP) is 5.49. The fourth-order valence-electron chi connectivity index (χ4n) is 4.09. The smallest absolute Gasteiger partial charge is 0.247 e. The van der Waals surface area contributed by atoms with Crippen LogP contribution in [0.2, 0.25) is 5.02 Å². The van der Waals surface area contributed by atoms with Crippen molar-refractivity contribution in [2.24, 2.45) is 0 Å². The summed E-state index contributed by atoms with van der Waals surface area (Å²) in [4.78, 5) is 24.7. The Hall–Kier alpha value is -2.37. The number of thiazole rings is 1. The van der Waals surface area contributed by atoms with Gasteiger partial charge in [0.25, 0.3) is 0 Å². The van der Waals surface area contributed by atoms with Crippen LogP contribution in [-0.4, -0.2) is 41.2 Å². The maximum atomic E-state index is 14.0. The number of aromatic nitrogens is 2. The molecule has 2 aromatic carbocycles. The van der Waals surface area contributed by atoms with Gasteiger partial charge in [0, 0.05) is 22.2 Å². The van der Waals surface area contributed by atoms with E-state index in [2.05, 4.69) is 20.9 Å². The van der Waals surface area contributed by atoms with Gasteiger partial charge in [-0.25, -0.2) is 13.4 Å². The Morgan fingerprint density at radius 2 is 1.97 bits per heavy atom. The minimum atomic E-state index is -3.88. The molecule has 35 heavy (non-hydrogen) atoms. The molecule has 2 aromatic heterocycles. The molecule has 5 rings (SSSR count). The predicted molar refractivity (Wildman–Crippen MR) is 141 cm³/mol. The zero-order chi connectivity index (χ0) is 24.6. The van der Waals surface area contributed by atoms with Crippen molar-refractivity contribution in [1.82, 2.24) is 14.3 Å². The molecule has 1 saturated heterocycles. The lowest BCUT2D eigenvalue weighted by molar-refractivity contribution is -0.121. The molecule has 7 nitrogen and oxygen atoms in total. The van der Waals surface area contributed by atoms with Crippen molar-refractivity contribution in [1.29, 1.82) is 0 Å². The van der Waals surface area contributed by atoms with E-state index in [0.29, 0.717) is 28.7 Å². The van der Waals surface area contributed by atoms with Gasteiger partial charge in [-0.05, 0) is 67.4 Å². The first-order valence-corrected chi connectivity index (χ1v) is 14.3. The van der Waals surface area contributed by atoms with Crippen molar-refractivity contribution < 1.29 is 13.2 Å². The van der Waals surface area contributed by atoms with Crippen LogP contribution in [0, 0.1) is 0 Å². The Balaban J connectivity index is 1.52. The summed E-state index contributed by atoms with van der Waals surface area (Å²) in [5.41, 5.74) is 1.45. The average molecular weight is 592 g/mol. The number of sulfonamides is 1. The maximum absolute atomic E-state index is 14.0. The summed E-state index contributed by atoms with van der Waals surface area (Å²) < 4.78 is 30.0. The van der Waals surface area contributed by atoms with Gasteiger partial charge in [0.2, 0.25) is 15.9 Å². The van der Waals surface area contributed by atoms with E-state index in [4.69, 9.17) is 16.6 Å². The molecule has 0 N–H and O–H groups in total. The van der Waals surface area contributed by atoms with Crippen molar-refractivity contribution in [3.63, 3.8) is 0 Å². The second-order valence-electron chi connectivity index (χ2n) is 8.08. The number of anilines is 1. The zero-order valence-corrected chi connectivity index (χ0v) is 22.3. The van der Waals surface area contributed by atoms with Gasteiger partial charge in [-0.1, -0.05) is 44.9 Å². The lowest BCUT2D eigenvalue weighted by atomic mass is 10.2. The van der Waals surface area contributed by atoms with Crippen LogP contribution < -0.4 is 4.90 Å². The van der Waals surface area contributed by atoms with E-state index in [-0.39, 0.29) is 23.9 Å². The number of carbonyl (C=O) groups excluding carboxylic acids is 1. The Labute approximate surface area is 220 Å². The van der Waals surface area contributed by atoms with E-state index < -0.39 is 16.1 Å². The van der Waals surface area contributed by atoms with Crippen LogP contribution >= 0.6 is 38.9 Å². The molecule has 1 amide bonds. The second kappa shape index (κ2) is 9.94. The van der Waals surface area contributed by atoms with Crippen molar-refractivity contribution in [3.8, 4) is 0 Å². The van der Waals surface area contributed by atoms with Gasteiger partial charge < -0.3 is 0 Å². The highest BCUT2D eigenvalue weighted by molar-refractivity contribution is 9.10. The van der Waals surface area contributed by atoms with Gasteiger partial charge in [-0.15, -0.1) is 0 Å². The molecule has 0 aliphatic carbocycles. The molecular weight excluding hydrogens is 572 g/mol. The Morgan fingerprint density at radius 1 is 1.17 bits per heavy atom. The number of benzene rings is 2. The zero-order valence-electron chi connectivity index (χ0n) is 18.3. The van der Waals surface area contributed by atoms with E-state index in [1.165, 1.54) is 39.9 Å². The second-order valence-corrected chi connectivity index (χ2v) is 12.3. The lowest BCUT2D eigenvalue weighted by Gasteiger charge is -2.28. The number of hydrogen-bond acceptors (Lipinski definition) is 6. The number of nitrogens with zero attached hydrogens (tertiary/aromatic N) is 4. The first-order chi connectivity index (χ1) is 16.8. The number of fused-ring (bicyclic) bond motifs is 1. The summed E-state index contributed by atoms with van der Waals surface area (Å²) in [6, 6.07) is 16.4. The van der Waals surface area contributed by atoms with Crippen LogP contribution in [0.3, 0.4) is 0 Å². The monoisotopic (exact) mass is 590 g/mol. The Morgan fingerprint density at radius 3 is 2.71 bits per heavy atom. The van der Waals surface area contributed by atoms with Crippen LogP contribution in [0.4, 0.5) is 5.13 Å². The lowest BCUT2D eigenvalue weighted by Crippen LogP contribution is -2.47. The van der Waals surface area contributed by atoms with Gasteiger partial charge in [-0.2, -0.15) is 4.31 Å². The number of amides is 1. The third-order valence-electron chi connectivity index (χ3n) is 5.79. The number of hydrogen-bond donors (Lipinski definition) is 0. The van der Waals surface area contributed by atoms with Crippen molar-refractivity contribution in [3.05, 3.63) is 82.0 Å². The molecule has 1 unspecified atom stereocenters. The summed E-state index contributed by atoms with van der Waals surface area (Å²) >= 11 is 10.8. The number of rotatable bonds is 6. The number of pyridine rings is 1. The van der Waals surface area contributed by atoms with E-state index in [9.17, 15) is 13.2 Å². The molecule has 3 heterocycles. The largest absolute Gasteiger partial charge is 0.281 e. The summed E-state index contributed by atoms with van der Waals surface area (Å²) in [5, 5.41) is 0.950. The number of carbonyl (C=O) groups is 1. The summed E-state index contributed by atoms with van der Waals surface area (Å²) in [5.74, 6) is -0.316. The highest BCUT2D eigenvalue weighted by atomic mass is 79.9. The highest BCUT2D eigenvalue weighted by Gasteiger charge is 2.42. The Kier molecular flexibility index (Phi) is 6.91. The van der Waals surface area contributed by atoms with Crippen molar-refractivity contribution in [2.75, 3.05) is 11.4 Å². The van der Waals surface area contributed by atoms with Gasteiger partial charge >= 0.3 is 0 Å². The van der Waals surface area contributed by atoms with Gasteiger partial charge in [0.05, 0.1) is 27.4 Å². The highest BCUT2D eigenvalue weighted by Crippen LogP contribution is 2.34. The molecule has 180 valence electrons. The quantitative estimate of drug-likeness (QED) is 0.296. The van der Waals surface area contributed by atoms with E-state index in [0.717, 1.165) is 14.7 Å². The third kappa shape index (κ3) is 4.99. The average Bonchev–Trinajstić information content (AvgIpc) is 3.50. The van der Waals surface area contributed by atoms with Crippen LogP contribution in [0.1, 0.15) is 18.5 Å².